The zero-order valence-electron chi connectivity index (χ0n) is 9.48. The number of hydrogen-bond donors (Lipinski definition) is 1. The van der Waals surface area contributed by atoms with Gasteiger partial charge in [-0.15, -0.1) is 11.8 Å². The molecule has 88 valence electrons. The number of pyridine rings is 1. The summed E-state index contributed by atoms with van der Waals surface area (Å²) in [6.07, 6.45) is 1.84. The molecule has 0 bridgehead atoms. The Morgan fingerprint density at radius 3 is 2.94 bits per heavy atom. The van der Waals surface area contributed by atoms with Crippen molar-refractivity contribution in [2.75, 3.05) is 12.4 Å². The van der Waals surface area contributed by atoms with Crippen molar-refractivity contribution in [3.8, 4) is 0 Å². The van der Waals surface area contributed by atoms with Crippen LogP contribution in [0.2, 0.25) is 0 Å². The van der Waals surface area contributed by atoms with Gasteiger partial charge in [-0.25, -0.2) is 4.98 Å². The summed E-state index contributed by atoms with van der Waals surface area (Å²) in [5, 5.41) is 3.05. The third-order valence-corrected chi connectivity index (χ3v) is 3.84. The van der Waals surface area contributed by atoms with Crippen molar-refractivity contribution in [1.29, 1.82) is 0 Å². The molecule has 1 N–H and O–H groups in total. The number of nitrogens with zero attached hydrogens (tertiary/aromatic N) is 1. The van der Waals surface area contributed by atoms with E-state index < -0.39 is 0 Å². The fraction of sp³-hybridized carbons (Fsp3) is 0.154. The summed E-state index contributed by atoms with van der Waals surface area (Å²) in [6.45, 7) is 0. The van der Waals surface area contributed by atoms with Gasteiger partial charge in [-0.1, -0.05) is 22.0 Å². The van der Waals surface area contributed by atoms with Gasteiger partial charge >= 0.3 is 0 Å². The molecule has 1 aromatic heterocycles. The molecule has 0 aliphatic carbocycles. The first-order chi connectivity index (χ1) is 8.28. The molecule has 1 aromatic carbocycles. The van der Waals surface area contributed by atoms with Gasteiger partial charge in [-0.2, -0.15) is 0 Å². The van der Waals surface area contributed by atoms with Crippen molar-refractivity contribution in [2.24, 2.45) is 0 Å². The SMILES string of the molecule is CNc1cc(CSc2cccc(Br)c2)ccn1. The Labute approximate surface area is 114 Å². The number of thioether (sulfide) groups is 1. The summed E-state index contributed by atoms with van der Waals surface area (Å²) in [4.78, 5) is 5.47. The fourth-order valence-electron chi connectivity index (χ4n) is 1.42. The highest BCUT2D eigenvalue weighted by molar-refractivity contribution is 9.10. The minimum Gasteiger partial charge on any atom is -0.373 e. The highest BCUT2D eigenvalue weighted by atomic mass is 79.9. The lowest BCUT2D eigenvalue weighted by atomic mass is 10.3. The maximum Gasteiger partial charge on any atom is 0.125 e. The predicted molar refractivity (Wildman–Crippen MR) is 77.5 cm³/mol. The average Bonchev–Trinajstić information content (AvgIpc) is 2.37. The lowest BCUT2D eigenvalue weighted by molar-refractivity contribution is 1.24. The third-order valence-electron chi connectivity index (χ3n) is 2.28. The van der Waals surface area contributed by atoms with Crippen molar-refractivity contribution < 1.29 is 0 Å². The number of rotatable bonds is 4. The van der Waals surface area contributed by atoms with Gasteiger partial charge in [-0.3, -0.25) is 0 Å². The molecule has 2 nitrogen and oxygen atoms in total. The van der Waals surface area contributed by atoms with E-state index >= 15 is 0 Å². The van der Waals surface area contributed by atoms with Crippen LogP contribution in [0.3, 0.4) is 0 Å². The van der Waals surface area contributed by atoms with E-state index in [1.807, 2.05) is 37.1 Å². The molecular formula is C13H13BrN2S. The monoisotopic (exact) mass is 308 g/mol. The van der Waals surface area contributed by atoms with Crippen molar-refractivity contribution in [3.05, 3.63) is 52.6 Å². The van der Waals surface area contributed by atoms with Crippen LogP contribution in [-0.4, -0.2) is 12.0 Å². The summed E-state index contributed by atoms with van der Waals surface area (Å²) < 4.78 is 1.12. The third kappa shape index (κ3) is 3.75. The second-order valence-electron chi connectivity index (χ2n) is 3.55. The predicted octanol–water partition coefficient (Wildman–Crippen LogP) is 4.18. The molecule has 17 heavy (non-hydrogen) atoms. The number of benzene rings is 1. The van der Waals surface area contributed by atoms with Crippen LogP contribution in [0.5, 0.6) is 0 Å². The molecule has 0 unspecified atom stereocenters. The second kappa shape index (κ2) is 6.07. The maximum absolute atomic E-state index is 4.20. The minimum atomic E-state index is 0.914. The molecule has 4 heteroatoms. The van der Waals surface area contributed by atoms with Gasteiger partial charge in [0.1, 0.15) is 5.82 Å². The van der Waals surface area contributed by atoms with Crippen LogP contribution in [0, 0.1) is 0 Å². The molecule has 0 spiro atoms. The molecule has 0 fully saturated rings. The van der Waals surface area contributed by atoms with Gasteiger partial charge in [0.2, 0.25) is 0 Å². The lowest BCUT2D eigenvalue weighted by Crippen LogP contribution is -1.92. The van der Waals surface area contributed by atoms with E-state index in [2.05, 4.69) is 50.5 Å². The van der Waals surface area contributed by atoms with Crippen LogP contribution in [0.15, 0.2) is 52.0 Å². The topological polar surface area (TPSA) is 24.9 Å². The molecule has 0 amide bonds. The Hall–Kier alpha value is -1.00. The minimum absolute atomic E-state index is 0.914. The van der Waals surface area contributed by atoms with Crippen LogP contribution >= 0.6 is 27.7 Å². The van der Waals surface area contributed by atoms with Gasteiger partial charge < -0.3 is 5.32 Å². The quantitative estimate of drug-likeness (QED) is 0.858. The smallest absolute Gasteiger partial charge is 0.125 e. The molecule has 0 saturated carbocycles. The first-order valence-corrected chi connectivity index (χ1v) is 7.07. The standard InChI is InChI=1S/C13H13BrN2S/c1-15-13-7-10(5-6-16-13)9-17-12-4-2-3-11(14)8-12/h2-8H,9H2,1H3,(H,15,16). The van der Waals surface area contributed by atoms with Crippen LogP contribution in [0.25, 0.3) is 0 Å². The molecule has 0 radical (unpaired) electrons. The van der Waals surface area contributed by atoms with Gasteiger partial charge in [-0.05, 0) is 35.9 Å². The number of halogens is 1. The maximum atomic E-state index is 4.20. The van der Waals surface area contributed by atoms with E-state index in [4.69, 9.17) is 0 Å². The first kappa shape index (κ1) is 12.5. The summed E-state index contributed by atoms with van der Waals surface area (Å²) in [5.41, 5.74) is 1.27. The van der Waals surface area contributed by atoms with Crippen LogP contribution < -0.4 is 5.32 Å². The Morgan fingerprint density at radius 2 is 2.18 bits per heavy atom. The Bertz CT molecular complexity index is 502. The highest BCUT2D eigenvalue weighted by Gasteiger charge is 1.98. The number of aromatic nitrogens is 1. The number of hydrogen-bond acceptors (Lipinski definition) is 3. The normalized spacial score (nSPS) is 10.2. The van der Waals surface area contributed by atoms with Crippen LogP contribution in [0.4, 0.5) is 5.82 Å². The Morgan fingerprint density at radius 1 is 1.29 bits per heavy atom. The van der Waals surface area contributed by atoms with Crippen molar-refractivity contribution in [1.82, 2.24) is 4.98 Å². The largest absolute Gasteiger partial charge is 0.373 e. The van der Waals surface area contributed by atoms with E-state index in [1.54, 1.807) is 0 Å². The molecular weight excluding hydrogens is 296 g/mol. The second-order valence-corrected chi connectivity index (χ2v) is 5.51. The Kier molecular flexibility index (Phi) is 4.45. The fourth-order valence-corrected chi connectivity index (χ4v) is 2.87. The Balaban J connectivity index is 2.02. The van der Waals surface area contributed by atoms with Crippen LogP contribution in [-0.2, 0) is 5.75 Å². The summed E-state index contributed by atoms with van der Waals surface area (Å²) in [5.74, 6) is 1.87. The molecule has 0 atom stereocenters. The molecule has 2 aromatic rings. The van der Waals surface area contributed by atoms with E-state index in [1.165, 1.54) is 10.5 Å². The van der Waals surface area contributed by atoms with E-state index in [0.717, 1.165) is 16.0 Å². The van der Waals surface area contributed by atoms with Crippen LogP contribution in [0.1, 0.15) is 5.56 Å². The number of anilines is 1. The zero-order valence-corrected chi connectivity index (χ0v) is 11.9. The molecule has 0 aliphatic rings. The van der Waals surface area contributed by atoms with Gasteiger partial charge in [0.25, 0.3) is 0 Å². The number of nitrogens with one attached hydrogen (secondary N) is 1. The first-order valence-electron chi connectivity index (χ1n) is 5.29. The summed E-state index contributed by atoms with van der Waals surface area (Å²) >= 11 is 5.30. The highest BCUT2D eigenvalue weighted by Crippen LogP contribution is 2.25. The van der Waals surface area contributed by atoms with Gasteiger partial charge in [0, 0.05) is 28.4 Å². The van der Waals surface area contributed by atoms with E-state index in [9.17, 15) is 0 Å². The van der Waals surface area contributed by atoms with Gasteiger partial charge in [0.15, 0.2) is 0 Å². The van der Waals surface area contributed by atoms with Crippen molar-refractivity contribution in [3.63, 3.8) is 0 Å². The molecule has 2 rings (SSSR count). The average molecular weight is 309 g/mol. The van der Waals surface area contributed by atoms with E-state index in [0.29, 0.717) is 0 Å². The lowest BCUT2D eigenvalue weighted by Gasteiger charge is -2.04. The van der Waals surface area contributed by atoms with Gasteiger partial charge in [0.05, 0.1) is 0 Å². The zero-order chi connectivity index (χ0) is 12.1. The van der Waals surface area contributed by atoms with E-state index in [-0.39, 0.29) is 0 Å². The summed E-state index contributed by atoms with van der Waals surface area (Å²) in [7, 11) is 1.88. The molecule has 1 heterocycles. The summed E-state index contributed by atoms with van der Waals surface area (Å²) in [6, 6.07) is 12.5. The van der Waals surface area contributed by atoms with Crippen molar-refractivity contribution in [2.45, 2.75) is 10.6 Å². The molecule has 0 saturated heterocycles. The molecule has 0 aliphatic heterocycles. The van der Waals surface area contributed by atoms with Crippen molar-refractivity contribution >= 4 is 33.5 Å².